The molecule has 1 atom stereocenters. The van der Waals surface area contributed by atoms with E-state index in [0.717, 1.165) is 47.5 Å². The first-order chi connectivity index (χ1) is 17.5. The highest BCUT2D eigenvalue weighted by atomic mass is 35.5. The van der Waals surface area contributed by atoms with Crippen molar-refractivity contribution in [3.8, 4) is 0 Å². The molecule has 186 valence electrons. The molecule has 8 nitrogen and oxygen atoms in total. The van der Waals surface area contributed by atoms with E-state index in [1.54, 1.807) is 6.20 Å². The smallest absolute Gasteiger partial charge is 0.229 e. The Morgan fingerprint density at radius 2 is 2.00 bits per heavy atom. The first-order valence-corrected chi connectivity index (χ1v) is 12.7. The Balaban J connectivity index is 1.40. The normalized spacial score (nSPS) is 16.6. The van der Waals surface area contributed by atoms with Crippen molar-refractivity contribution in [2.45, 2.75) is 39.0 Å². The van der Waals surface area contributed by atoms with Gasteiger partial charge < -0.3 is 20.9 Å². The van der Waals surface area contributed by atoms with Crippen molar-refractivity contribution in [1.29, 1.82) is 0 Å². The molecule has 5 rings (SSSR count). The molecule has 3 aromatic rings. The van der Waals surface area contributed by atoms with Gasteiger partial charge in [0.15, 0.2) is 5.82 Å². The number of benzene rings is 2. The van der Waals surface area contributed by atoms with Crippen LogP contribution in [-0.4, -0.2) is 39.8 Å². The average Bonchev–Trinajstić information content (AvgIpc) is 3.37. The van der Waals surface area contributed by atoms with Gasteiger partial charge in [-0.1, -0.05) is 30.7 Å². The number of hydrogen-bond acceptors (Lipinski definition) is 6. The highest BCUT2D eigenvalue weighted by molar-refractivity contribution is 6.32. The van der Waals surface area contributed by atoms with Crippen LogP contribution in [0.4, 0.5) is 28.8 Å². The van der Waals surface area contributed by atoms with Crippen LogP contribution in [0.1, 0.15) is 37.3 Å². The summed E-state index contributed by atoms with van der Waals surface area (Å²) < 4.78 is 0. The van der Waals surface area contributed by atoms with Crippen LogP contribution >= 0.6 is 11.6 Å². The van der Waals surface area contributed by atoms with Gasteiger partial charge in [0, 0.05) is 36.6 Å². The molecule has 1 fully saturated rings. The molecule has 3 heterocycles. The van der Waals surface area contributed by atoms with Crippen LogP contribution in [0.15, 0.2) is 48.7 Å². The maximum Gasteiger partial charge on any atom is 0.229 e. The Kier molecular flexibility index (Phi) is 7.04. The fraction of sp³-hybridized carbons (Fsp3) is 0.333. The van der Waals surface area contributed by atoms with Crippen LogP contribution in [0, 0.1) is 5.92 Å². The molecule has 2 aromatic carbocycles. The third-order valence-corrected chi connectivity index (χ3v) is 6.89. The number of rotatable bonds is 4. The molecule has 36 heavy (non-hydrogen) atoms. The molecule has 0 unspecified atom stereocenters. The number of nitrogens with zero attached hydrogens (tertiary/aromatic N) is 3. The van der Waals surface area contributed by atoms with Crippen LogP contribution in [0.5, 0.6) is 0 Å². The number of nitrogens with one attached hydrogen (secondary N) is 3. The second kappa shape index (κ2) is 10.5. The van der Waals surface area contributed by atoms with Gasteiger partial charge in [0.25, 0.3) is 0 Å². The number of carbonyl (C=O) groups excluding carboxylic acids is 2. The van der Waals surface area contributed by atoms with Gasteiger partial charge in [-0.25, -0.2) is 4.98 Å². The molecule has 0 saturated carbocycles. The maximum atomic E-state index is 13.1. The number of fused-ring (bicyclic) bond motifs is 6. The van der Waals surface area contributed by atoms with Gasteiger partial charge in [0.2, 0.25) is 17.8 Å². The molecule has 2 amide bonds. The largest absolute Gasteiger partial charge is 0.342 e. The number of halogens is 1. The van der Waals surface area contributed by atoms with Crippen molar-refractivity contribution < 1.29 is 9.59 Å². The quantitative estimate of drug-likeness (QED) is 0.445. The van der Waals surface area contributed by atoms with Gasteiger partial charge in [-0.05, 0) is 67.1 Å². The first-order valence-electron chi connectivity index (χ1n) is 12.4. The number of anilines is 5. The van der Waals surface area contributed by atoms with Gasteiger partial charge in [-0.2, -0.15) is 4.98 Å². The molecule has 6 bridgehead atoms. The molecule has 0 spiro atoms. The molecule has 0 aliphatic carbocycles. The summed E-state index contributed by atoms with van der Waals surface area (Å²) in [4.78, 5) is 36.0. The summed E-state index contributed by atoms with van der Waals surface area (Å²) in [7, 11) is 0. The summed E-state index contributed by atoms with van der Waals surface area (Å²) in [5, 5.41) is 10.1. The fourth-order valence-electron chi connectivity index (χ4n) is 4.67. The fourth-order valence-corrected chi connectivity index (χ4v) is 4.81. The summed E-state index contributed by atoms with van der Waals surface area (Å²) in [6.45, 7) is 3.11. The van der Waals surface area contributed by atoms with Crippen molar-refractivity contribution in [2.75, 3.05) is 29.0 Å². The zero-order valence-corrected chi connectivity index (χ0v) is 20.9. The van der Waals surface area contributed by atoms with E-state index in [1.807, 2.05) is 42.2 Å². The molecule has 1 saturated heterocycles. The average molecular weight is 505 g/mol. The summed E-state index contributed by atoms with van der Waals surface area (Å²) in [5.74, 6) is 0.827. The Bertz CT molecular complexity index is 1300. The third-order valence-electron chi connectivity index (χ3n) is 6.61. The van der Waals surface area contributed by atoms with E-state index in [4.69, 9.17) is 11.6 Å². The number of hydrogen-bond donors (Lipinski definition) is 3. The number of aryl methyl sites for hydroxylation is 2. The second-order valence-electron chi connectivity index (χ2n) is 9.28. The lowest BCUT2D eigenvalue weighted by Crippen LogP contribution is -2.31. The lowest BCUT2D eigenvalue weighted by molar-refractivity contribution is -0.130. The Morgan fingerprint density at radius 3 is 2.86 bits per heavy atom. The summed E-state index contributed by atoms with van der Waals surface area (Å²) in [6, 6.07) is 14.0. The monoisotopic (exact) mass is 504 g/mol. The summed E-state index contributed by atoms with van der Waals surface area (Å²) in [5.41, 5.74) is 4.65. The van der Waals surface area contributed by atoms with E-state index in [-0.39, 0.29) is 17.7 Å². The minimum atomic E-state index is -0.202. The van der Waals surface area contributed by atoms with Crippen molar-refractivity contribution in [3.63, 3.8) is 0 Å². The standard InChI is InChI=1S/C27H29ClN6O2/c1-2-4-24(35)34-12-11-19(16-34)26(36)32-23-10-9-21-14-18(23)8-7-17-5-3-6-20(13-17)31-27-29-15-22(28)25(30-21)33-27/h3,5-6,9-10,13-15,19H,2,4,7-8,11-12,16H2,1H3,(H,32,36)(H2,29,30,31,33)/t19-/m1/s1. The molecule has 9 heteroatoms. The molecule has 0 radical (unpaired) electrons. The zero-order valence-electron chi connectivity index (χ0n) is 20.2. The van der Waals surface area contributed by atoms with Crippen LogP contribution in [0.3, 0.4) is 0 Å². The number of carbonyl (C=O) groups is 2. The van der Waals surface area contributed by atoms with Crippen molar-refractivity contribution in [2.24, 2.45) is 5.92 Å². The topological polar surface area (TPSA) is 99.3 Å². The van der Waals surface area contributed by atoms with Crippen LogP contribution in [0.25, 0.3) is 0 Å². The van der Waals surface area contributed by atoms with Crippen LogP contribution < -0.4 is 16.0 Å². The number of aromatic nitrogens is 2. The van der Waals surface area contributed by atoms with E-state index in [2.05, 4.69) is 38.1 Å². The van der Waals surface area contributed by atoms with Crippen molar-refractivity contribution in [1.82, 2.24) is 14.9 Å². The van der Waals surface area contributed by atoms with Gasteiger partial charge in [0.1, 0.15) is 5.02 Å². The number of likely N-dealkylation sites (tertiary alicyclic amines) is 1. The molecule has 2 aliphatic rings. The SMILES string of the molecule is CCCC(=O)N1CC[C@@H](C(=O)Nc2ccc3cc2CCc2cccc(c2)Nc2ncc(Cl)c(n2)N3)C1. The highest BCUT2D eigenvalue weighted by Crippen LogP contribution is 2.30. The molecule has 3 N–H and O–H groups in total. The maximum absolute atomic E-state index is 13.1. The molecular weight excluding hydrogens is 476 g/mol. The lowest BCUT2D eigenvalue weighted by atomic mass is 10.0. The number of amides is 2. The molecular formula is C27H29ClN6O2. The van der Waals surface area contributed by atoms with E-state index in [1.165, 1.54) is 0 Å². The van der Waals surface area contributed by atoms with Gasteiger partial charge in [-0.15, -0.1) is 0 Å². The third kappa shape index (κ3) is 5.44. The lowest BCUT2D eigenvalue weighted by Gasteiger charge is -2.18. The predicted molar refractivity (Wildman–Crippen MR) is 142 cm³/mol. The van der Waals surface area contributed by atoms with Gasteiger partial charge in [-0.3, -0.25) is 9.59 Å². The summed E-state index contributed by atoms with van der Waals surface area (Å²) in [6.07, 6.45) is 5.12. The minimum absolute atomic E-state index is 0.0450. The Hall–Kier alpha value is -3.65. The van der Waals surface area contributed by atoms with E-state index < -0.39 is 0 Å². The van der Waals surface area contributed by atoms with Crippen LogP contribution in [-0.2, 0) is 22.4 Å². The summed E-state index contributed by atoms with van der Waals surface area (Å²) >= 11 is 6.36. The molecule has 2 aliphatic heterocycles. The van der Waals surface area contributed by atoms with Crippen molar-refractivity contribution in [3.05, 3.63) is 64.8 Å². The molecule has 1 aromatic heterocycles. The Morgan fingerprint density at radius 1 is 1.14 bits per heavy atom. The highest BCUT2D eigenvalue weighted by Gasteiger charge is 2.31. The predicted octanol–water partition coefficient (Wildman–Crippen LogP) is 5.30. The van der Waals surface area contributed by atoms with E-state index in [9.17, 15) is 9.59 Å². The first kappa shape index (κ1) is 24.1. The van der Waals surface area contributed by atoms with E-state index >= 15 is 0 Å². The van der Waals surface area contributed by atoms with Crippen LogP contribution in [0.2, 0.25) is 5.02 Å². The van der Waals surface area contributed by atoms with Gasteiger partial charge in [0.05, 0.1) is 12.1 Å². The Labute approximate surface area is 215 Å². The minimum Gasteiger partial charge on any atom is -0.342 e. The van der Waals surface area contributed by atoms with Crippen molar-refractivity contribution >= 4 is 52.2 Å². The second-order valence-corrected chi connectivity index (χ2v) is 9.68. The zero-order chi connectivity index (χ0) is 25.1. The van der Waals surface area contributed by atoms with E-state index in [0.29, 0.717) is 42.7 Å². The van der Waals surface area contributed by atoms with Gasteiger partial charge >= 0.3 is 0 Å².